The van der Waals surface area contributed by atoms with Gasteiger partial charge in [-0.2, -0.15) is 0 Å². The molecular formula is C22H24N2O3. The van der Waals surface area contributed by atoms with Crippen LogP contribution < -0.4 is 5.32 Å². The van der Waals surface area contributed by atoms with E-state index in [1.54, 1.807) is 12.1 Å². The summed E-state index contributed by atoms with van der Waals surface area (Å²) in [6.07, 6.45) is 2.47. The second kappa shape index (κ2) is 7.53. The van der Waals surface area contributed by atoms with Gasteiger partial charge in [0.25, 0.3) is 0 Å². The summed E-state index contributed by atoms with van der Waals surface area (Å²) >= 11 is 0. The van der Waals surface area contributed by atoms with E-state index in [0.29, 0.717) is 24.6 Å². The molecule has 2 aliphatic rings. The Labute approximate surface area is 159 Å². The standard InChI is InChI=1S/C22H24N2O3/c1-27-22(26)16-8-6-15(7-9-16)13-23-19-12-21(25)24(14-19)20-10-17-4-2-3-5-18(17)11-20/h2-9,19-20,23H,10-14H2,1H3. The number of esters is 1. The first-order valence-corrected chi connectivity index (χ1v) is 9.41. The fourth-order valence-corrected chi connectivity index (χ4v) is 4.12. The van der Waals surface area contributed by atoms with E-state index in [2.05, 4.69) is 34.5 Å². The highest BCUT2D eigenvalue weighted by Gasteiger charge is 2.36. The third-order valence-corrected chi connectivity index (χ3v) is 5.60. The van der Waals surface area contributed by atoms with Gasteiger partial charge in [-0.25, -0.2) is 4.79 Å². The van der Waals surface area contributed by atoms with Crippen molar-refractivity contribution in [3.05, 3.63) is 70.8 Å². The molecule has 27 heavy (non-hydrogen) atoms. The van der Waals surface area contributed by atoms with Crippen LogP contribution in [-0.2, 0) is 28.9 Å². The summed E-state index contributed by atoms with van der Waals surface area (Å²) in [4.78, 5) is 26.1. The Bertz CT molecular complexity index is 822. The molecule has 2 aromatic rings. The number of likely N-dealkylation sites (tertiary alicyclic amines) is 1. The highest BCUT2D eigenvalue weighted by molar-refractivity contribution is 5.89. The van der Waals surface area contributed by atoms with Crippen molar-refractivity contribution < 1.29 is 14.3 Å². The molecule has 0 bridgehead atoms. The molecule has 1 N–H and O–H groups in total. The molecule has 0 radical (unpaired) electrons. The lowest BCUT2D eigenvalue weighted by atomic mass is 10.1. The number of ether oxygens (including phenoxy) is 1. The zero-order valence-corrected chi connectivity index (χ0v) is 15.5. The third-order valence-electron chi connectivity index (χ3n) is 5.60. The first kappa shape index (κ1) is 17.7. The number of hydrogen-bond acceptors (Lipinski definition) is 4. The maximum absolute atomic E-state index is 12.5. The van der Waals surface area contributed by atoms with Crippen LogP contribution in [0.15, 0.2) is 48.5 Å². The number of nitrogens with zero attached hydrogens (tertiary/aromatic N) is 1. The van der Waals surface area contributed by atoms with Gasteiger partial charge < -0.3 is 15.0 Å². The smallest absolute Gasteiger partial charge is 0.337 e. The summed E-state index contributed by atoms with van der Waals surface area (Å²) in [5.74, 6) is -0.0876. The van der Waals surface area contributed by atoms with E-state index in [1.165, 1.54) is 18.2 Å². The summed E-state index contributed by atoms with van der Waals surface area (Å²) in [7, 11) is 1.38. The Morgan fingerprint density at radius 1 is 1.07 bits per heavy atom. The van der Waals surface area contributed by atoms with Crippen LogP contribution in [-0.4, -0.2) is 42.5 Å². The van der Waals surface area contributed by atoms with Crippen molar-refractivity contribution in [3.63, 3.8) is 0 Å². The normalized spacial score (nSPS) is 19.4. The average Bonchev–Trinajstić information content (AvgIpc) is 3.29. The van der Waals surface area contributed by atoms with Crippen LogP contribution in [0.1, 0.15) is 33.5 Å². The Hall–Kier alpha value is -2.66. The van der Waals surface area contributed by atoms with Crippen LogP contribution in [0.25, 0.3) is 0 Å². The summed E-state index contributed by atoms with van der Waals surface area (Å²) in [5.41, 5.74) is 4.38. The summed E-state index contributed by atoms with van der Waals surface area (Å²) in [6.45, 7) is 1.44. The molecule has 1 unspecified atom stereocenters. The summed E-state index contributed by atoms with van der Waals surface area (Å²) in [5, 5.41) is 3.49. The zero-order valence-electron chi connectivity index (χ0n) is 15.5. The number of amides is 1. The third kappa shape index (κ3) is 3.74. The minimum Gasteiger partial charge on any atom is -0.465 e. The molecule has 1 aliphatic carbocycles. The topological polar surface area (TPSA) is 58.6 Å². The molecule has 2 aromatic carbocycles. The van der Waals surface area contributed by atoms with Gasteiger partial charge in [0, 0.05) is 31.6 Å². The van der Waals surface area contributed by atoms with Gasteiger partial charge in [0.1, 0.15) is 0 Å². The van der Waals surface area contributed by atoms with E-state index >= 15 is 0 Å². The number of carbonyl (C=O) groups excluding carboxylic acids is 2. The predicted molar refractivity (Wildman–Crippen MR) is 102 cm³/mol. The van der Waals surface area contributed by atoms with Crippen molar-refractivity contribution in [2.75, 3.05) is 13.7 Å². The second-order valence-electron chi connectivity index (χ2n) is 7.35. The van der Waals surface area contributed by atoms with E-state index in [0.717, 1.165) is 24.9 Å². The summed E-state index contributed by atoms with van der Waals surface area (Å²) in [6, 6.07) is 16.3. The quantitative estimate of drug-likeness (QED) is 0.828. The van der Waals surface area contributed by atoms with Crippen LogP contribution in [0.2, 0.25) is 0 Å². The zero-order chi connectivity index (χ0) is 18.8. The Morgan fingerprint density at radius 3 is 2.37 bits per heavy atom. The van der Waals surface area contributed by atoms with Gasteiger partial charge in [-0.3, -0.25) is 4.79 Å². The van der Waals surface area contributed by atoms with Gasteiger partial charge in [-0.1, -0.05) is 36.4 Å². The number of rotatable bonds is 5. The molecule has 1 fully saturated rings. The molecule has 1 heterocycles. The summed E-state index contributed by atoms with van der Waals surface area (Å²) < 4.78 is 4.72. The van der Waals surface area contributed by atoms with Crippen LogP contribution in [0.5, 0.6) is 0 Å². The van der Waals surface area contributed by atoms with Gasteiger partial charge in [-0.15, -0.1) is 0 Å². The van der Waals surface area contributed by atoms with Crippen LogP contribution in [0.3, 0.4) is 0 Å². The maximum Gasteiger partial charge on any atom is 0.337 e. The first-order valence-electron chi connectivity index (χ1n) is 9.41. The van der Waals surface area contributed by atoms with Gasteiger partial charge in [0.15, 0.2) is 0 Å². The van der Waals surface area contributed by atoms with Gasteiger partial charge >= 0.3 is 5.97 Å². The molecule has 5 nitrogen and oxygen atoms in total. The van der Waals surface area contributed by atoms with E-state index in [9.17, 15) is 9.59 Å². The highest BCUT2D eigenvalue weighted by atomic mass is 16.5. The van der Waals surface area contributed by atoms with Crippen LogP contribution in [0, 0.1) is 0 Å². The molecule has 1 amide bonds. The SMILES string of the molecule is COC(=O)c1ccc(CNC2CC(=O)N(C3Cc4ccccc4C3)C2)cc1. The number of hydrogen-bond donors (Lipinski definition) is 1. The van der Waals surface area contributed by atoms with Gasteiger partial charge in [-0.05, 0) is 41.7 Å². The predicted octanol–water partition coefficient (Wildman–Crippen LogP) is 2.33. The number of fused-ring (bicyclic) bond motifs is 1. The molecule has 1 aliphatic heterocycles. The van der Waals surface area contributed by atoms with Crippen molar-refractivity contribution in [2.24, 2.45) is 0 Å². The molecule has 1 saturated heterocycles. The van der Waals surface area contributed by atoms with Crippen LogP contribution >= 0.6 is 0 Å². The number of benzene rings is 2. The average molecular weight is 364 g/mol. The second-order valence-corrected chi connectivity index (χ2v) is 7.35. The lowest BCUT2D eigenvalue weighted by Gasteiger charge is -2.24. The molecule has 4 rings (SSSR count). The fraction of sp³-hybridized carbons (Fsp3) is 0.364. The van der Waals surface area contributed by atoms with Crippen LogP contribution in [0.4, 0.5) is 0 Å². The molecule has 1 atom stereocenters. The minimum absolute atomic E-state index is 0.168. The van der Waals surface area contributed by atoms with E-state index < -0.39 is 0 Å². The Balaban J connectivity index is 1.32. The number of carbonyl (C=O) groups is 2. The van der Waals surface area contributed by atoms with Crippen molar-refractivity contribution in [1.82, 2.24) is 10.2 Å². The van der Waals surface area contributed by atoms with E-state index in [-0.39, 0.29) is 17.9 Å². The first-order chi connectivity index (χ1) is 13.1. The van der Waals surface area contributed by atoms with Crippen molar-refractivity contribution in [1.29, 1.82) is 0 Å². The molecule has 0 spiro atoms. The Kier molecular flexibility index (Phi) is 4.94. The fourth-order valence-electron chi connectivity index (χ4n) is 4.12. The molecule has 140 valence electrons. The number of methoxy groups -OCH3 is 1. The van der Waals surface area contributed by atoms with Crippen molar-refractivity contribution in [3.8, 4) is 0 Å². The van der Waals surface area contributed by atoms with Gasteiger partial charge in [0.2, 0.25) is 5.91 Å². The largest absolute Gasteiger partial charge is 0.465 e. The van der Waals surface area contributed by atoms with E-state index in [4.69, 9.17) is 4.74 Å². The minimum atomic E-state index is -0.330. The monoisotopic (exact) mass is 364 g/mol. The molecule has 5 heteroatoms. The van der Waals surface area contributed by atoms with Gasteiger partial charge in [0.05, 0.1) is 12.7 Å². The molecule has 0 aromatic heterocycles. The van der Waals surface area contributed by atoms with Crippen molar-refractivity contribution >= 4 is 11.9 Å². The maximum atomic E-state index is 12.5. The highest BCUT2D eigenvalue weighted by Crippen LogP contribution is 2.28. The molecule has 0 saturated carbocycles. The lowest BCUT2D eigenvalue weighted by Crippen LogP contribution is -2.39. The lowest BCUT2D eigenvalue weighted by molar-refractivity contribution is -0.129. The van der Waals surface area contributed by atoms with E-state index in [1.807, 2.05) is 12.1 Å². The molecular weight excluding hydrogens is 340 g/mol. The number of nitrogens with one attached hydrogen (secondary N) is 1. The Morgan fingerprint density at radius 2 is 1.74 bits per heavy atom. The van der Waals surface area contributed by atoms with Crippen molar-refractivity contribution in [2.45, 2.75) is 37.9 Å².